The van der Waals surface area contributed by atoms with E-state index in [-0.39, 0.29) is 0 Å². The maximum atomic E-state index is 5.40. The second-order valence-electron chi connectivity index (χ2n) is 3.45. The van der Waals surface area contributed by atoms with Crippen LogP contribution in [0.25, 0.3) is 0 Å². The number of nitrogens with one attached hydrogen (secondary N) is 1. The van der Waals surface area contributed by atoms with Crippen molar-refractivity contribution < 1.29 is 0 Å². The second kappa shape index (κ2) is 11.9. The Morgan fingerprint density at radius 3 is 1.85 bits per heavy atom. The fraction of sp³-hybridized carbons (Fsp3) is 1.00. The molecule has 0 spiro atoms. The number of unbranched alkanes of at least 4 members (excludes halogenated alkanes) is 4. The van der Waals surface area contributed by atoms with Gasteiger partial charge in [0.2, 0.25) is 0 Å². The van der Waals surface area contributed by atoms with Gasteiger partial charge in [-0.25, -0.2) is 0 Å². The van der Waals surface area contributed by atoms with Crippen LogP contribution in [-0.2, 0) is 0 Å². The predicted octanol–water partition coefficient (Wildman–Crippen LogP) is 0.834. The normalized spacial score (nSPS) is 10.6. The van der Waals surface area contributed by atoms with Crippen molar-refractivity contribution in [3.63, 3.8) is 0 Å². The summed E-state index contributed by atoms with van der Waals surface area (Å²) in [7, 11) is 0. The summed E-state index contributed by atoms with van der Waals surface area (Å²) < 4.78 is 0. The molecular formula is C10H25N3. The highest BCUT2D eigenvalue weighted by Gasteiger charge is 1.89. The largest absolute Gasteiger partial charge is 0.330 e. The Morgan fingerprint density at radius 1 is 0.615 bits per heavy atom. The van der Waals surface area contributed by atoms with Crippen LogP contribution < -0.4 is 16.8 Å². The molecule has 3 nitrogen and oxygen atoms in total. The summed E-state index contributed by atoms with van der Waals surface area (Å²) >= 11 is 0. The molecule has 5 N–H and O–H groups in total. The minimum Gasteiger partial charge on any atom is -0.330 e. The summed E-state index contributed by atoms with van der Waals surface area (Å²) in [5.41, 5.74) is 10.8. The van der Waals surface area contributed by atoms with Gasteiger partial charge >= 0.3 is 0 Å². The van der Waals surface area contributed by atoms with Crippen molar-refractivity contribution in [1.82, 2.24) is 5.32 Å². The first-order valence-corrected chi connectivity index (χ1v) is 5.52. The molecule has 3 heteroatoms. The summed E-state index contributed by atoms with van der Waals surface area (Å²) in [6.07, 6.45) is 7.51. The first-order chi connectivity index (χ1) is 6.41. The van der Waals surface area contributed by atoms with Gasteiger partial charge in [0.1, 0.15) is 0 Å². The van der Waals surface area contributed by atoms with Crippen LogP contribution in [0.4, 0.5) is 0 Å². The van der Waals surface area contributed by atoms with Crippen LogP contribution in [0, 0.1) is 0 Å². The van der Waals surface area contributed by atoms with Gasteiger partial charge in [-0.3, -0.25) is 0 Å². The molecule has 0 saturated heterocycles. The molecule has 0 aromatic carbocycles. The molecule has 0 aliphatic rings. The fourth-order valence-corrected chi connectivity index (χ4v) is 1.28. The Morgan fingerprint density at radius 2 is 1.15 bits per heavy atom. The molecule has 0 aromatic rings. The summed E-state index contributed by atoms with van der Waals surface area (Å²) in [6, 6.07) is 0. The van der Waals surface area contributed by atoms with E-state index >= 15 is 0 Å². The van der Waals surface area contributed by atoms with Crippen molar-refractivity contribution in [2.45, 2.75) is 38.5 Å². The third-order valence-corrected chi connectivity index (χ3v) is 2.12. The van der Waals surface area contributed by atoms with Crippen molar-refractivity contribution in [3.8, 4) is 0 Å². The van der Waals surface area contributed by atoms with Crippen LogP contribution in [0.5, 0.6) is 0 Å². The molecule has 0 aromatic heterocycles. The molecule has 0 bridgehead atoms. The van der Waals surface area contributed by atoms with E-state index < -0.39 is 0 Å². The topological polar surface area (TPSA) is 64.1 Å². The van der Waals surface area contributed by atoms with Crippen LogP contribution in [0.2, 0.25) is 0 Å². The monoisotopic (exact) mass is 187 g/mol. The third kappa shape index (κ3) is 11.9. The minimum atomic E-state index is 0.795. The van der Waals surface area contributed by atoms with E-state index in [9.17, 15) is 0 Å². The summed E-state index contributed by atoms with van der Waals surface area (Å²) in [5, 5.41) is 3.37. The SMILES string of the molecule is NCCCCCCCNCCCN. The molecule has 0 rings (SSSR count). The van der Waals surface area contributed by atoms with Crippen molar-refractivity contribution in [2.24, 2.45) is 11.5 Å². The van der Waals surface area contributed by atoms with Gasteiger partial charge in [0.25, 0.3) is 0 Å². The van der Waals surface area contributed by atoms with E-state index in [2.05, 4.69) is 5.32 Å². The maximum Gasteiger partial charge on any atom is -0.00369 e. The van der Waals surface area contributed by atoms with Gasteiger partial charge in [0, 0.05) is 0 Å². The molecule has 0 aliphatic heterocycles. The Kier molecular flexibility index (Phi) is 11.8. The van der Waals surface area contributed by atoms with Gasteiger partial charge in [0.05, 0.1) is 0 Å². The average molecular weight is 187 g/mol. The van der Waals surface area contributed by atoms with E-state index in [0.29, 0.717) is 0 Å². The summed E-state index contributed by atoms with van der Waals surface area (Å²) in [4.78, 5) is 0. The highest BCUT2D eigenvalue weighted by molar-refractivity contribution is 4.50. The number of rotatable bonds is 10. The molecule has 0 amide bonds. The minimum absolute atomic E-state index is 0.795. The third-order valence-electron chi connectivity index (χ3n) is 2.12. The zero-order valence-electron chi connectivity index (χ0n) is 8.73. The van der Waals surface area contributed by atoms with Crippen molar-refractivity contribution in [2.75, 3.05) is 26.2 Å². The van der Waals surface area contributed by atoms with Gasteiger partial charge in [0.15, 0.2) is 0 Å². The Labute approximate surface area is 82.3 Å². The van der Waals surface area contributed by atoms with Crippen molar-refractivity contribution in [3.05, 3.63) is 0 Å². The molecule has 0 heterocycles. The van der Waals surface area contributed by atoms with E-state index in [1.807, 2.05) is 0 Å². The molecule has 0 fully saturated rings. The second-order valence-corrected chi connectivity index (χ2v) is 3.45. The Hall–Kier alpha value is -0.120. The Bertz CT molecular complexity index is 76.2. The molecule has 0 unspecified atom stereocenters. The summed E-state index contributed by atoms with van der Waals surface area (Å²) in [5.74, 6) is 0. The quantitative estimate of drug-likeness (QED) is 0.444. The highest BCUT2D eigenvalue weighted by atomic mass is 14.8. The summed E-state index contributed by atoms with van der Waals surface area (Å²) in [6.45, 7) is 3.85. The van der Waals surface area contributed by atoms with Crippen molar-refractivity contribution >= 4 is 0 Å². The van der Waals surface area contributed by atoms with E-state index in [4.69, 9.17) is 11.5 Å². The van der Waals surface area contributed by atoms with Crippen LogP contribution in [0.1, 0.15) is 38.5 Å². The van der Waals surface area contributed by atoms with Crippen LogP contribution in [-0.4, -0.2) is 26.2 Å². The molecule has 0 radical (unpaired) electrons. The van der Waals surface area contributed by atoms with E-state index in [1.165, 1.54) is 32.1 Å². The lowest BCUT2D eigenvalue weighted by atomic mass is 10.1. The van der Waals surface area contributed by atoms with E-state index in [1.54, 1.807) is 0 Å². The molecular weight excluding hydrogens is 162 g/mol. The lowest BCUT2D eigenvalue weighted by molar-refractivity contribution is 0.571. The Balaban J connectivity index is 2.76. The first kappa shape index (κ1) is 12.9. The lowest BCUT2D eigenvalue weighted by Crippen LogP contribution is -2.19. The van der Waals surface area contributed by atoms with Gasteiger partial charge < -0.3 is 16.8 Å². The lowest BCUT2D eigenvalue weighted by Gasteiger charge is -2.03. The molecule has 0 saturated carbocycles. The molecule has 0 atom stereocenters. The number of hydrogen-bond acceptors (Lipinski definition) is 3. The van der Waals surface area contributed by atoms with Crippen LogP contribution in [0.15, 0.2) is 0 Å². The zero-order chi connectivity index (χ0) is 9.78. The highest BCUT2D eigenvalue weighted by Crippen LogP contribution is 2.00. The van der Waals surface area contributed by atoms with Gasteiger partial charge in [-0.05, 0) is 45.4 Å². The van der Waals surface area contributed by atoms with Crippen LogP contribution >= 0.6 is 0 Å². The standard InChI is InChI=1S/C10H25N3/c11-7-4-2-1-3-5-9-13-10-6-8-12/h13H,1-12H2. The van der Waals surface area contributed by atoms with Crippen LogP contribution in [0.3, 0.4) is 0 Å². The number of nitrogens with two attached hydrogens (primary N) is 2. The number of hydrogen-bond donors (Lipinski definition) is 3. The van der Waals surface area contributed by atoms with E-state index in [0.717, 1.165) is 32.6 Å². The molecule has 0 aliphatic carbocycles. The van der Waals surface area contributed by atoms with Gasteiger partial charge in [-0.2, -0.15) is 0 Å². The maximum absolute atomic E-state index is 5.40. The molecule has 13 heavy (non-hydrogen) atoms. The van der Waals surface area contributed by atoms with Gasteiger partial charge in [-0.1, -0.05) is 19.3 Å². The average Bonchev–Trinajstić information content (AvgIpc) is 2.16. The molecule has 80 valence electrons. The van der Waals surface area contributed by atoms with Crippen molar-refractivity contribution in [1.29, 1.82) is 0 Å². The smallest absolute Gasteiger partial charge is 0.00369 e. The predicted molar refractivity (Wildman–Crippen MR) is 58.7 cm³/mol. The zero-order valence-corrected chi connectivity index (χ0v) is 8.73. The fourth-order valence-electron chi connectivity index (χ4n) is 1.28. The first-order valence-electron chi connectivity index (χ1n) is 5.52. The van der Waals surface area contributed by atoms with Gasteiger partial charge in [-0.15, -0.1) is 0 Å².